The highest BCUT2D eigenvalue weighted by Gasteiger charge is 2.20. The van der Waals surface area contributed by atoms with Crippen LogP contribution in [0, 0.1) is 0 Å². The average Bonchev–Trinajstić information content (AvgIpc) is 2.88. The van der Waals surface area contributed by atoms with Crippen molar-refractivity contribution in [1.29, 1.82) is 0 Å². The van der Waals surface area contributed by atoms with Crippen molar-refractivity contribution in [3.8, 4) is 5.88 Å². The third-order valence-electron chi connectivity index (χ3n) is 2.99. The molecule has 1 aliphatic heterocycles. The van der Waals surface area contributed by atoms with Crippen molar-refractivity contribution in [2.45, 2.75) is 38.7 Å². The molecule has 0 spiro atoms. The van der Waals surface area contributed by atoms with E-state index in [0.717, 1.165) is 25.0 Å². The van der Waals surface area contributed by atoms with Crippen LogP contribution in [0.15, 0.2) is 6.33 Å². The molecular formula is C12H20N4O2. The summed E-state index contributed by atoms with van der Waals surface area (Å²) >= 11 is 0. The Bertz CT molecular complexity index is 392. The molecule has 1 unspecified atom stereocenters. The summed E-state index contributed by atoms with van der Waals surface area (Å²) in [6.45, 7) is 5.46. The second-order valence-electron chi connectivity index (χ2n) is 4.69. The third-order valence-corrected chi connectivity index (χ3v) is 2.99. The van der Waals surface area contributed by atoms with Gasteiger partial charge in [-0.3, -0.25) is 0 Å². The fraction of sp³-hybridized carbons (Fsp3) is 0.667. The second kappa shape index (κ2) is 5.97. The van der Waals surface area contributed by atoms with Gasteiger partial charge in [0.15, 0.2) is 5.82 Å². The molecule has 18 heavy (non-hydrogen) atoms. The van der Waals surface area contributed by atoms with Crippen LogP contribution in [0.4, 0.5) is 5.82 Å². The van der Waals surface area contributed by atoms with Crippen molar-refractivity contribution >= 4 is 5.82 Å². The van der Waals surface area contributed by atoms with Gasteiger partial charge in [0.2, 0.25) is 5.88 Å². The number of nitrogens with one attached hydrogen (secondary N) is 1. The first-order chi connectivity index (χ1) is 8.72. The highest BCUT2D eigenvalue weighted by molar-refractivity contribution is 5.49. The van der Waals surface area contributed by atoms with Crippen molar-refractivity contribution in [2.75, 3.05) is 18.6 Å². The Morgan fingerprint density at radius 1 is 1.56 bits per heavy atom. The number of nitrogens with zero attached hydrogens (tertiary/aromatic N) is 2. The van der Waals surface area contributed by atoms with Crippen LogP contribution in [0.3, 0.4) is 0 Å². The van der Waals surface area contributed by atoms with E-state index >= 15 is 0 Å². The SMILES string of the molecule is CC(C)c1c(NN)ncnc1OCC1CCCO1. The Morgan fingerprint density at radius 2 is 2.39 bits per heavy atom. The number of hydrazine groups is 1. The molecule has 1 atom stereocenters. The Labute approximate surface area is 107 Å². The van der Waals surface area contributed by atoms with Gasteiger partial charge in [0.1, 0.15) is 12.9 Å². The number of aromatic nitrogens is 2. The number of hydrogen-bond donors (Lipinski definition) is 2. The quantitative estimate of drug-likeness (QED) is 0.609. The van der Waals surface area contributed by atoms with Crippen LogP contribution in [-0.2, 0) is 4.74 Å². The molecule has 1 aliphatic rings. The molecule has 100 valence electrons. The lowest BCUT2D eigenvalue weighted by molar-refractivity contribution is 0.0658. The molecule has 0 aliphatic carbocycles. The molecule has 0 radical (unpaired) electrons. The van der Waals surface area contributed by atoms with E-state index in [0.29, 0.717) is 18.3 Å². The van der Waals surface area contributed by atoms with Crippen LogP contribution in [0.1, 0.15) is 38.2 Å². The van der Waals surface area contributed by atoms with E-state index < -0.39 is 0 Å². The number of nitrogen functional groups attached to an aromatic ring is 1. The van der Waals surface area contributed by atoms with Gasteiger partial charge in [0, 0.05) is 6.61 Å². The summed E-state index contributed by atoms with van der Waals surface area (Å²) in [5, 5.41) is 0. The highest BCUT2D eigenvalue weighted by Crippen LogP contribution is 2.29. The molecular weight excluding hydrogens is 232 g/mol. The first kappa shape index (κ1) is 13.0. The van der Waals surface area contributed by atoms with Gasteiger partial charge < -0.3 is 14.9 Å². The number of rotatable bonds is 5. The van der Waals surface area contributed by atoms with E-state index in [4.69, 9.17) is 15.3 Å². The average molecular weight is 252 g/mol. The molecule has 2 heterocycles. The second-order valence-corrected chi connectivity index (χ2v) is 4.69. The van der Waals surface area contributed by atoms with Crippen molar-refractivity contribution in [3.63, 3.8) is 0 Å². The maximum Gasteiger partial charge on any atom is 0.222 e. The molecule has 0 amide bonds. The van der Waals surface area contributed by atoms with Crippen LogP contribution in [0.25, 0.3) is 0 Å². The third kappa shape index (κ3) is 2.88. The van der Waals surface area contributed by atoms with Gasteiger partial charge >= 0.3 is 0 Å². The molecule has 0 aromatic carbocycles. The van der Waals surface area contributed by atoms with Gasteiger partial charge in [-0.2, -0.15) is 0 Å². The fourth-order valence-electron chi connectivity index (χ4n) is 2.08. The van der Waals surface area contributed by atoms with Crippen molar-refractivity contribution in [1.82, 2.24) is 9.97 Å². The molecule has 0 bridgehead atoms. The summed E-state index contributed by atoms with van der Waals surface area (Å²) < 4.78 is 11.3. The zero-order chi connectivity index (χ0) is 13.0. The number of nitrogens with two attached hydrogens (primary N) is 1. The summed E-state index contributed by atoms with van der Waals surface area (Å²) in [5.74, 6) is 6.89. The van der Waals surface area contributed by atoms with Crippen molar-refractivity contribution < 1.29 is 9.47 Å². The zero-order valence-electron chi connectivity index (χ0n) is 10.8. The predicted molar refractivity (Wildman–Crippen MR) is 68.4 cm³/mol. The van der Waals surface area contributed by atoms with Gasteiger partial charge in [-0.25, -0.2) is 15.8 Å². The molecule has 1 aromatic rings. The standard InChI is InChI=1S/C12H20N4O2/c1-8(2)10-11(16-13)14-7-15-12(10)18-6-9-4-3-5-17-9/h7-9H,3-6,13H2,1-2H3,(H,14,15,16). The van der Waals surface area contributed by atoms with Gasteiger partial charge in [0.25, 0.3) is 0 Å². The minimum atomic E-state index is 0.175. The molecule has 2 rings (SSSR count). The Morgan fingerprint density at radius 3 is 3.00 bits per heavy atom. The van der Waals surface area contributed by atoms with Crippen LogP contribution in [0.5, 0.6) is 5.88 Å². The van der Waals surface area contributed by atoms with Crippen LogP contribution in [-0.4, -0.2) is 29.3 Å². The van der Waals surface area contributed by atoms with Crippen molar-refractivity contribution in [3.05, 3.63) is 11.9 Å². The molecule has 1 fully saturated rings. The van der Waals surface area contributed by atoms with E-state index in [9.17, 15) is 0 Å². The monoisotopic (exact) mass is 252 g/mol. The lowest BCUT2D eigenvalue weighted by Gasteiger charge is -2.17. The minimum absolute atomic E-state index is 0.175. The first-order valence-electron chi connectivity index (χ1n) is 6.28. The summed E-state index contributed by atoms with van der Waals surface area (Å²) in [7, 11) is 0. The predicted octanol–water partition coefficient (Wildman–Crippen LogP) is 1.44. The van der Waals surface area contributed by atoms with E-state index in [2.05, 4.69) is 29.2 Å². The number of hydrogen-bond acceptors (Lipinski definition) is 6. The Hall–Kier alpha value is -1.40. The summed E-state index contributed by atoms with van der Waals surface area (Å²) in [6, 6.07) is 0. The van der Waals surface area contributed by atoms with Gasteiger partial charge in [-0.1, -0.05) is 13.8 Å². The van der Waals surface area contributed by atoms with Crippen molar-refractivity contribution in [2.24, 2.45) is 5.84 Å². The Kier molecular flexibility index (Phi) is 4.33. The highest BCUT2D eigenvalue weighted by atomic mass is 16.5. The van der Waals surface area contributed by atoms with E-state index in [1.807, 2.05) is 0 Å². The van der Waals surface area contributed by atoms with Gasteiger partial charge in [-0.15, -0.1) is 0 Å². The van der Waals surface area contributed by atoms with Gasteiger partial charge in [-0.05, 0) is 18.8 Å². The van der Waals surface area contributed by atoms with Crippen LogP contribution >= 0.6 is 0 Å². The summed E-state index contributed by atoms with van der Waals surface area (Å²) in [6.07, 6.45) is 3.77. The lowest BCUT2D eigenvalue weighted by Crippen LogP contribution is -2.19. The van der Waals surface area contributed by atoms with Crippen LogP contribution in [0.2, 0.25) is 0 Å². The van der Waals surface area contributed by atoms with Gasteiger partial charge in [0.05, 0.1) is 11.7 Å². The molecule has 6 heteroatoms. The molecule has 6 nitrogen and oxygen atoms in total. The fourth-order valence-corrected chi connectivity index (χ4v) is 2.08. The number of ether oxygens (including phenoxy) is 2. The summed E-state index contributed by atoms with van der Waals surface area (Å²) in [5.41, 5.74) is 3.48. The lowest BCUT2D eigenvalue weighted by atomic mass is 10.1. The molecule has 1 aromatic heterocycles. The minimum Gasteiger partial charge on any atom is -0.475 e. The van der Waals surface area contributed by atoms with E-state index in [-0.39, 0.29) is 12.0 Å². The first-order valence-corrected chi connectivity index (χ1v) is 6.28. The largest absolute Gasteiger partial charge is 0.475 e. The molecule has 0 saturated carbocycles. The molecule has 1 saturated heterocycles. The number of anilines is 1. The summed E-state index contributed by atoms with van der Waals surface area (Å²) in [4.78, 5) is 8.29. The Balaban J connectivity index is 2.10. The van der Waals surface area contributed by atoms with E-state index in [1.54, 1.807) is 0 Å². The normalized spacial score (nSPS) is 19.2. The van der Waals surface area contributed by atoms with Crippen LogP contribution < -0.4 is 16.0 Å². The maximum atomic E-state index is 5.75. The zero-order valence-corrected chi connectivity index (χ0v) is 10.8. The van der Waals surface area contributed by atoms with E-state index in [1.165, 1.54) is 6.33 Å². The maximum absolute atomic E-state index is 5.75. The topological polar surface area (TPSA) is 82.3 Å². The molecule has 3 N–H and O–H groups in total. The smallest absolute Gasteiger partial charge is 0.222 e.